The molecule has 32 heavy (non-hydrogen) atoms. The van der Waals surface area contributed by atoms with Crippen LogP contribution in [-0.2, 0) is 6.54 Å². The van der Waals surface area contributed by atoms with Gasteiger partial charge in [-0.05, 0) is 60.0 Å². The summed E-state index contributed by atoms with van der Waals surface area (Å²) in [5, 5.41) is 11.2. The summed E-state index contributed by atoms with van der Waals surface area (Å²) in [5.74, 6) is -0.285. The second-order valence-electron chi connectivity index (χ2n) is 7.64. The zero-order valence-corrected chi connectivity index (χ0v) is 18.5. The van der Waals surface area contributed by atoms with Crippen LogP contribution in [0.5, 0.6) is 0 Å². The molecule has 0 saturated heterocycles. The minimum atomic E-state index is -0.285. The molecule has 0 aromatic heterocycles. The van der Waals surface area contributed by atoms with Gasteiger partial charge >= 0.3 is 0 Å². The van der Waals surface area contributed by atoms with Gasteiger partial charge in [0.1, 0.15) is 5.82 Å². The van der Waals surface area contributed by atoms with E-state index >= 15 is 0 Å². The molecule has 3 aromatic rings. The molecule has 4 heteroatoms. The molecule has 0 aliphatic rings. The van der Waals surface area contributed by atoms with E-state index in [1.54, 1.807) is 18.2 Å². The lowest BCUT2D eigenvalue weighted by Gasteiger charge is -2.25. The summed E-state index contributed by atoms with van der Waals surface area (Å²) in [4.78, 5) is 2.11. The van der Waals surface area contributed by atoms with Gasteiger partial charge in [0, 0.05) is 48.0 Å². The molecule has 162 valence electrons. The van der Waals surface area contributed by atoms with E-state index < -0.39 is 0 Å². The van der Waals surface area contributed by atoms with Gasteiger partial charge in [0.2, 0.25) is 0 Å². The molecule has 0 bridgehead atoms. The first-order chi connectivity index (χ1) is 15.4. The molecular formula is C28H28FN3. The van der Waals surface area contributed by atoms with E-state index in [4.69, 9.17) is 5.41 Å². The molecule has 0 aliphatic heterocycles. The van der Waals surface area contributed by atoms with Gasteiger partial charge in [-0.15, -0.1) is 0 Å². The largest absolute Gasteiger partial charge is 0.370 e. The molecular weight excluding hydrogens is 397 g/mol. The Labute approximate surface area is 189 Å². The van der Waals surface area contributed by atoms with Gasteiger partial charge in [-0.2, -0.15) is 0 Å². The third-order valence-electron chi connectivity index (χ3n) is 5.28. The quantitative estimate of drug-likeness (QED) is 0.284. The highest BCUT2D eigenvalue weighted by atomic mass is 19.1. The summed E-state index contributed by atoms with van der Waals surface area (Å²) < 4.78 is 13.2. The van der Waals surface area contributed by atoms with Crippen LogP contribution in [0.1, 0.15) is 22.3 Å². The first-order valence-electron chi connectivity index (χ1n) is 10.4. The van der Waals surface area contributed by atoms with Crippen molar-refractivity contribution in [3.63, 3.8) is 0 Å². The van der Waals surface area contributed by atoms with Crippen LogP contribution in [0.25, 0.3) is 5.57 Å². The minimum absolute atomic E-state index is 0.285. The number of likely N-dealkylation sites (N-methyl/N-ethyl adjacent to an activating group) is 1. The Morgan fingerprint density at radius 2 is 1.78 bits per heavy atom. The fourth-order valence-electron chi connectivity index (χ4n) is 3.55. The first-order valence-corrected chi connectivity index (χ1v) is 10.4. The van der Waals surface area contributed by atoms with Crippen LogP contribution >= 0.6 is 0 Å². The molecule has 0 radical (unpaired) electrons. The van der Waals surface area contributed by atoms with E-state index in [2.05, 4.69) is 35.5 Å². The van der Waals surface area contributed by atoms with Gasteiger partial charge in [0.05, 0.1) is 0 Å². The average Bonchev–Trinajstić information content (AvgIpc) is 2.79. The number of benzene rings is 3. The summed E-state index contributed by atoms with van der Waals surface area (Å²) in [6.45, 7) is 11.0. The Bertz CT molecular complexity index is 1150. The van der Waals surface area contributed by atoms with Crippen molar-refractivity contribution >= 4 is 23.2 Å². The third-order valence-corrected chi connectivity index (χ3v) is 5.28. The van der Waals surface area contributed by atoms with Gasteiger partial charge in [-0.25, -0.2) is 4.39 Å². The summed E-state index contributed by atoms with van der Waals surface area (Å²) >= 11 is 0. The Morgan fingerprint density at radius 1 is 1.09 bits per heavy atom. The third kappa shape index (κ3) is 5.41. The predicted octanol–water partition coefficient (Wildman–Crippen LogP) is 7.09. The molecule has 3 rings (SSSR count). The molecule has 0 fully saturated rings. The van der Waals surface area contributed by atoms with Gasteiger partial charge in [-0.3, -0.25) is 0 Å². The van der Waals surface area contributed by atoms with E-state index in [0.717, 1.165) is 45.9 Å². The number of aryl methyl sites for hydroxylation is 1. The monoisotopic (exact) mass is 425 g/mol. The Hall–Kier alpha value is -3.92. The van der Waals surface area contributed by atoms with Crippen molar-refractivity contribution in [3.05, 3.63) is 126 Å². The van der Waals surface area contributed by atoms with Crippen LogP contribution in [0.4, 0.5) is 15.8 Å². The number of anilines is 2. The van der Waals surface area contributed by atoms with Gasteiger partial charge in [0.15, 0.2) is 0 Å². The fraction of sp³-hybridized carbons (Fsp3) is 0.107. The number of hydrogen-bond donors (Lipinski definition) is 2. The van der Waals surface area contributed by atoms with Crippen LogP contribution in [0.15, 0.2) is 97.7 Å². The van der Waals surface area contributed by atoms with Crippen LogP contribution < -0.4 is 5.32 Å². The molecule has 0 atom stereocenters. The van der Waals surface area contributed by atoms with Gasteiger partial charge in [-0.1, -0.05) is 55.6 Å². The molecule has 0 aliphatic carbocycles. The van der Waals surface area contributed by atoms with E-state index in [-0.39, 0.29) is 5.82 Å². The Morgan fingerprint density at radius 3 is 2.41 bits per heavy atom. The normalized spacial score (nSPS) is 11.0. The molecule has 0 amide bonds. The number of rotatable bonds is 9. The van der Waals surface area contributed by atoms with Crippen LogP contribution in [0.2, 0.25) is 0 Å². The highest BCUT2D eigenvalue weighted by Crippen LogP contribution is 2.32. The lowest BCUT2D eigenvalue weighted by atomic mass is 9.94. The fourth-order valence-corrected chi connectivity index (χ4v) is 3.55. The summed E-state index contributed by atoms with van der Waals surface area (Å²) in [6, 6.07) is 20.4. The molecule has 0 unspecified atom stereocenters. The van der Waals surface area contributed by atoms with Gasteiger partial charge < -0.3 is 15.6 Å². The topological polar surface area (TPSA) is 39.1 Å². The standard InChI is InChI=1S/C28H28FN3/c1-5-9-26(21(3)32(4)19-22-10-7-6-8-11-22)27-17-23(18-30)28(16-20(27)2)31-25-14-12-24(29)13-15-25/h5-18,30-31H,1,3,19H2,2,4H3/b26-9+,30-18?. The molecule has 3 aromatic carbocycles. The first kappa shape index (κ1) is 22.8. The van der Waals surface area contributed by atoms with E-state index in [1.807, 2.05) is 50.4 Å². The van der Waals surface area contributed by atoms with Crippen LogP contribution in [0.3, 0.4) is 0 Å². The van der Waals surface area contributed by atoms with Crippen molar-refractivity contribution in [2.45, 2.75) is 13.5 Å². The van der Waals surface area contributed by atoms with Crippen molar-refractivity contribution in [3.8, 4) is 0 Å². The van der Waals surface area contributed by atoms with Gasteiger partial charge in [0.25, 0.3) is 0 Å². The molecule has 0 saturated carbocycles. The maximum absolute atomic E-state index is 13.2. The minimum Gasteiger partial charge on any atom is -0.370 e. The number of hydrogen-bond acceptors (Lipinski definition) is 3. The van der Waals surface area contributed by atoms with Crippen molar-refractivity contribution in [2.24, 2.45) is 0 Å². The van der Waals surface area contributed by atoms with E-state index in [9.17, 15) is 4.39 Å². The summed E-state index contributed by atoms with van der Waals surface area (Å²) in [7, 11) is 2.02. The number of nitrogens with zero attached hydrogens (tertiary/aromatic N) is 1. The smallest absolute Gasteiger partial charge is 0.123 e. The van der Waals surface area contributed by atoms with Crippen LogP contribution in [0, 0.1) is 18.2 Å². The van der Waals surface area contributed by atoms with Crippen molar-refractivity contribution in [1.82, 2.24) is 4.90 Å². The second kappa shape index (κ2) is 10.4. The number of halogens is 1. The maximum atomic E-state index is 13.2. The Kier molecular flexibility index (Phi) is 7.40. The van der Waals surface area contributed by atoms with E-state index in [1.165, 1.54) is 23.9 Å². The van der Waals surface area contributed by atoms with E-state index in [0.29, 0.717) is 0 Å². The zero-order valence-electron chi connectivity index (χ0n) is 18.5. The SMILES string of the molecule is C=C/C=C(\C(=C)N(C)Cc1ccccc1)c1cc(C=N)c(Nc2ccc(F)cc2)cc1C. The summed E-state index contributed by atoms with van der Waals surface area (Å²) in [6.07, 6.45) is 5.02. The maximum Gasteiger partial charge on any atom is 0.123 e. The predicted molar refractivity (Wildman–Crippen MR) is 134 cm³/mol. The van der Waals surface area contributed by atoms with Crippen LogP contribution in [-0.4, -0.2) is 18.2 Å². The van der Waals surface area contributed by atoms with Crippen molar-refractivity contribution < 1.29 is 4.39 Å². The lowest BCUT2D eigenvalue weighted by molar-refractivity contribution is 0.430. The molecule has 3 nitrogen and oxygen atoms in total. The molecule has 2 N–H and O–H groups in total. The Balaban J connectivity index is 1.93. The second-order valence-corrected chi connectivity index (χ2v) is 7.64. The van der Waals surface area contributed by atoms with Crippen molar-refractivity contribution in [2.75, 3.05) is 12.4 Å². The zero-order chi connectivity index (χ0) is 23.1. The lowest BCUT2D eigenvalue weighted by Crippen LogP contribution is -2.18. The highest BCUT2D eigenvalue weighted by Gasteiger charge is 2.15. The number of nitrogens with one attached hydrogen (secondary N) is 2. The molecule has 0 spiro atoms. The molecule has 0 heterocycles. The summed E-state index contributed by atoms with van der Waals surface area (Å²) in [5.41, 5.74) is 7.30. The highest BCUT2D eigenvalue weighted by molar-refractivity contribution is 5.92. The number of allylic oxidation sites excluding steroid dienone is 3. The average molecular weight is 426 g/mol. The van der Waals surface area contributed by atoms with Crippen molar-refractivity contribution in [1.29, 1.82) is 5.41 Å².